The number of methoxy groups -OCH3 is 1. The van der Waals surface area contributed by atoms with Gasteiger partial charge in [-0.1, -0.05) is 65.7 Å². The molecule has 0 spiro atoms. The van der Waals surface area contributed by atoms with E-state index >= 15 is 0 Å². The molecule has 3 aromatic rings. The first-order chi connectivity index (χ1) is 13.9. The Morgan fingerprint density at radius 1 is 0.862 bits per heavy atom. The van der Waals surface area contributed by atoms with Crippen molar-refractivity contribution in [3.05, 3.63) is 94.5 Å². The van der Waals surface area contributed by atoms with Crippen LogP contribution < -0.4 is 9.05 Å². The third kappa shape index (κ3) is 5.13. The highest BCUT2D eigenvalue weighted by atomic mass is 35.5. The molecule has 8 heteroatoms. The summed E-state index contributed by atoms with van der Waals surface area (Å²) in [5, 5.41) is 0.506. The summed E-state index contributed by atoms with van der Waals surface area (Å²) in [5.74, 6) is -0.277. The molecule has 0 aliphatic rings. The van der Waals surface area contributed by atoms with Crippen LogP contribution in [-0.2, 0) is 14.1 Å². The van der Waals surface area contributed by atoms with Gasteiger partial charge in [-0.3, -0.25) is 4.79 Å². The molecular weight excluding hydrogens is 434 g/mol. The Labute approximate surface area is 178 Å². The van der Waals surface area contributed by atoms with Crippen molar-refractivity contribution in [2.75, 3.05) is 7.11 Å². The SMILES string of the molecule is COC(=O)C(c1ccc(Cl)cc1Cl)P(=O)(Oc1ccccc1)Oc1ccccc1. The topological polar surface area (TPSA) is 61.8 Å². The number of ether oxygens (including phenoxy) is 1. The molecule has 0 radical (unpaired) electrons. The van der Waals surface area contributed by atoms with E-state index in [1.54, 1.807) is 60.7 Å². The average molecular weight is 451 g/mol. The van der Waals surface area contributed by atoms with Gasteiger partial charge in [0, 0.05) is 10.0 Å². The monoisotopic (exact) mass is 450 g/mol. The van der Waals surface area contributed by atoms with Crippen LogP contribution in [0, 0.1) is 0 Å². The molecular formula is C21H17Cl2O5P. The lowest BCUT2D eigenvalue weighted by Crippen LogP contribution is -2.20. The predicted octanol–water partition coefficient (Wildman–Crippen LogP) is 6.56. The second kappa shape index (κ2) is 9.36. The summed E-state index contributed by atoms with van der Waals surface area (Å²) < 4.78 is 30.5. The summed E-state index contributed by atoms with van der Waals surface area (Å²) in [5.41, 5.74) is -1.21. The fraction of sp³-hybridized carbons (Fsp3) is 0.0952. The number of hydrogen-bond donors (Lipinski definition) is 0. The first-order valence-corrected chi connectivity index (χ1v) is 10.9. The fourth-order valence-corrected chi connectivity index (χ4v) is 5.24. The molecule has 0 amide bonds. The number of carbonyl (C=O) groups excluding carboxylic acids is 1. The Bertz CT molecular complexity index is 982. The van der Waals surface area contributed by atoms with Crippen molar-refractivity contribution < 1.29 is 23.1 Å². The van der Waals surface area contributed by atoms with Gasteiger partial charge in [0.05, 0.1) is 7.11 Å². The first kappa shape index (κ1) is 21.3. The van der Waals surface area contributed by atoms with Crippen LogP contribution in [0.25, 0.3) is 0 Å². The quantitative estimate of drug-likeness (QED) is 0.301. The summed E-state index contributed by atoms with van der Waals surface area (Å²) in [6.45, 7) is 0. The van der Waals surface area contributed by atoms with Crippen molar-refractivity contribution >= 4 is 36.8 Å². The maximum Gasteiger partial charge on any atom is 0.449 e. The minimum absolute atomic E-state index is 0.140. The third-order valence-electron chi connectivity index (χ3n) is 3.95. The number of halogens is 2. The van der Waals surface area contributed by atoms with Gasteiger partial charge >= 0.3 is 13.6 Å². The van der Waals surface area contributed by atoms with Gasteiger partial charge in [-0.2, -0.15) is 0 Å². The molecule has 3 rings (SSSR count). The Balaban J connectivity index is 2.14. The van der Waals surface area contributed by atoms with Gasteiger partial charge in [0.2, 0.25) is 5.66 Å². The van der Waals surface area contributed by atoms with E-state index in [1.807, 2.05) is 0 Å². The van der Waals surface area contributed by atoms with E-state index in [-0.39, 0.29) is 22.1 Å². The van der Waals surface area contributed by atoms with Crippen LogP contribution in [0.3, 0.4) is 0 Å². The Morgan fingerprint density at radius 2 is 1.38 bits per heavy atom. The van der Waals surface area contributed by atoms with Gasteiger partial charge in [-0.15, -0.1) is 0 Å². The standard InChI is InChI=1S/C21H17Cl2O5P/c1-26-21(24)20(18-13-12-15(22)14-19(18)23)29(25,27-16-8-4-2-5-9-16)28-17-10-6-3-7-11-17/h2-14,20H,1H3. The maximum absolute atomic E-state index is 14.1. The lowest BCUT2D eigenvalue weighted by atomic mass is 10.1. The number of para-hydroxylation sites is 2. The number of hydrogen-bond acceptors (Lipinski definition) is 5. The van der Waals surface area contributed by atoms with E-state index in [4.69, 9.17) is 37.0 Å². The molecule has 1 unspecified atom stereocenters. The highest BCUT2D eigenvalue weighted by Crippen LogP contribution is 2.61. The van der Waals surface area contributed by atoms with Crippen molar-refractivity contribution in [2.24, 2.45) is 0 Å². The molecule has 1 atom stereocenters. The van der Waals surface area contributed by atoms with Crippen molar-refractivity contribution in [2.45, 2.75) is 5.66 Å². The second-order valence-corrected chi connectivity index (χ2v) is 8.74. The summed E-state index contributed by atoms with van der Waals surface area (Å²) in [7, 11) is -3.02. The molecule has 0 aromatic heterocycles. The maximum atomic E-state index is 14.1. The molecule has 0 saturated carbocycles. The Kier molecular flexibility index (Phi) is 6.86. The highest BCUT2D eigenvalue weighted by molar-refractivity contribution is 7.56. The van der Waals surface area contributed by atoms with Gasteiger partial charge in [0.25, 0.3) is 0 Å². The molecule has 150 valence electrons. The third-order valence-corrected chi connectivity index (χ3v) is 6.56. The van der Waals surface area contributed by atoms with Gasteiger partial charge < -0.3 is 13.8 Å². The van der Waals surface area contributed by atoms with Crippen molar-refractivity contribution in [3.63, 3.8) is 0 Å². The molecule has 0 fully saturated rings. The van der Waals surface area contributed by atoms with Crippen LogP contribution in [0.4, 0.5) is 0 Å². The van der Waals surface area contributed by atoms with Crippen LogP contribution in [0.2, 0.25) is 10.0 Å². The number of carbonyl (C=O) groups is 1. The molecule has 0 heterocycles. The number of benzene rings is 3. The number of esters is 1. The van der Waals surface area contributed by atoms with Crippen molar-refractivity contribution in [3.8, 4) is 11.5 Å². The molecule has 29 heavy (non-hydrogen) atoms. The van der Waals surface area contributed by atoms with Crippen LogP contribution >= 0.6 is 30.8 Å². The van der Waals surface area contributed by atoms with Gasteiger partial charge in [-0.05, 0) is 42.0 Å². The summed E-state index contributed by atoms with van der Waals surface area (Å²) in [6, 6.07) is 21.3. The Hall–Kier alpha value is -2.46. The largest absolute Gasteiger partial charge is 0.468 e. The summed E-state index contributed by atoms with van der Waals surface area (Å²) in [6.07, 6.45) is 0. The normalized spacial score (nSPS) is 12.1. The second-order valence-electron chi connectivity index (χ2n) is 5.94. The van der Waals surface area contributed by atoms with E-state index < -0.39 is 19.2 Å². The van der Waals surface area contributed by atoms with Crippen LogP contribution in [0.5, 0.6) is 11.5 Å². The van der Waals surface area contributed by atoms with E-state index in [2.05, 4.69) is 0 Å². The fourth-order valence-electron chi connectivity index (χ4n) is 2.64. The van der Waals surface area contributed by atoms with E-state index in [9.17, 15) is 9.36 Å². The first-order valence-electron chi connectivity index (χ1n) is 8.55. The van der Waals surface area contributed by atoms with Gasteiger partial charge in [0.1, 0.15) is 11.5 Å². The highest BCUT2D eigenvalue weighted by Gasteiger charge is 2.47. The van der Waals surface area contributed by atoms with E-state index in [0.717, 1.165) is 0 Å². The van der Waals surface area contributed by atoms with Crippen molar-refractivity contribution in [1.82, 2.24) is 0 Å². The number of rotatable bonds is 7. The van der Waals surface area contributed by atoms with Crippen LogP contribution in [0.1, 0.15) is 11.2 Å². The minimum Gasteiger partial charge on any atom is -0.468 e. The minimum atomic E-state index is -4.21. The van der Waals surface area contributed by atoms with Gasteiger partial charge in [-0.25, -0.2) is 4.57 Å². The van der Waals surface area contributed by atoms with E-state index in [1.165, 1.54) is 25.3 Å². The zero-order chi connectivity index (χ0) is 20.9. The molecule has 0 aliphatic carbocycles. The molecule has 0 saturated heterocycles. The Morgan fingerprint density at radius 3 is 1.83 bits per heavy atom. The average Bonchev–Trinajstić information content (AvgIpc) is 2.71. The smallest absolute Gasteiger partial charge is 0.449 e. The lowest BCUT2D eigenvalue weighted by molar-refractivity contribution is -0.140. The predicted molar refractivity (Wildman–Crippen MR) is 113 cm³/mol. The lowest BCUT2D eigenvalue weighted by Gasteiger charge is -2.26. The molecule has 0 bridgehead atoms. The van der Waals surface area contributed by atoms with Crippen LogP contribution in [0.15, 0.2) is 78.9 Å². The van der Waals surface area contributed by atoms with Crippen LogP contribution in [-0.4, -0.2) is 13.1 Å². The molecule has 3 aromatic carbocycles. The molecule has 0 aliphatic heterocycles. The summed E-state index contributed by atoms with van der Waals surface area (Å²) >= 11 is 12.3. The van der Waals surface area contributed by atoms with Gasteiger partial charge in [0.15, 0.2) is 0 Å². The zero-order valence-corrected chi connectivity index (χ0v) is 17.7. The van der Waals surface area contributed by atoms with Crippen molar-refractivity contribution in [1.29, 1.82) is 0 Å². The summed E-state index contributed by atoms with van der Waals surface area (Å²) in [4.78, 5) is 12.7. The molecule has 0 N–H and O–H groups in total. The van der Waals surface area contributed by atoms with E-state index in [0.29, 0.717) is 5.02 Å². The molecule has 5 nitrogen and oxygen atoms in total. The zero-order valence-electron chi connectivity index (χ0n) is 15.3.